The molecule has 2 aliphatic rings. The fraction of sp³-hybridized carbons (Fsp3) is 0.333. The number of hydrogen-bond donors (Lipinski definition) is 3. The molecule has 0 bridgehead atoms. The number of β-amino-alcohol motifs (C(OH)–C–C–N with tert-alkyl or cyclic N) is 1. The Balaban J connectivity index is 1.40. The lowest BCUT2D eigenvalue weighted by Gasteiger charge is -2.56. The molecular weight excluding hydrogens is 420 g/mol. The van der Waals surface area contributed by atoms with Gasteiger partial charge >= 0.3 is 0 Å². The number of nitrogens with zero attached hydrogens (tertiary/aromatic N) is 1. The van der Waals surface area contributed by atoms with Crippen LogP contribution in [0.15, 0.2) is 72.8 Å². The summed E-state index contributed by atoms with van der Waals surface area (Å²) < 4.78 is 0. The van der Waals surface area contributed by atoms with Crippen molar-refractivity contribution in [2.75, 3.05) is 19.6 Å². The molecule has 2 heterocycles. The van der Waals surface area contributed by atoms with Gasteiger partial charge in [-0.05, 0) is 67.3 Å². The molecule has 1 fully saturated rings. The number of benzene rings is 3. The largest absolute Gasteiger partial charge is 0.508 e. The first-order chi connectivity index (χ1) is 16.5. The van der Waals surface area contributed by atoms with Gasteiger partial charge in [-0.2, -0.15) is 0 Å². The van der Waals surface area contributed by atoms with Gasteiger partial charge in [-0.1, -0.05) is 54.1 Å². The number of aromatic nitrogens is 1. The van der Waals surface area contributed by atoms with Crippen molar-refractivity contribution in [2.24, 2.45) is 0 Å². The number of fused-ring (bicyclic) bond motifs is 4. The van der Waals surface area contributed by atoms with Crippen molar-refractivity contribution < 1.29 is 10.2 Å². The minimum atomic E-state index is -0.915. The molecule has 1 aliphatic carbocycles. The fourth-order valence-corrected chi connectivity index (χ4v) is 6.47. The molecule has 174 valence electrons. The normalized spacial score (nSPS) is 24.6. The van der Waals surface area contributed by atoms with Crippen molar-refractivity contribution in [3.63, 3.8) is 0 Å². The van der Waals surface area contributed by atoms with Gasteiger partial charge in [0.25, 0.3) is 0 Å². The van der Waals surface area contributed by atoms with Crippen LogP contribution in [0.3, 0.4) is 0 Å². The van der Waals surface area contributed by atoms with E-state index < -0.39 is 11.0 Å². The summed E-state index contributed by atoms with van der Waals surface area (Å²) in [5.74, 6) is 0.263. The summed E-state index contributed by atoms with van der Waals surface area (Å²) in [5.41, 5.74) is 5.88. The molecule has 34 heavy (non-hydrogen) atoms. The zero-order valence-electron chi connectivity index (χ0n) is 19.7. The molecule has 2 atom stereocenters. The third kappa shape index (κ3) is 3.44. The monoisotopic (exact) mass is 452 g/mol. The van der Waals surface area contributed by atoms with Crippen LogP contribution in [0.5, 0.6) is 5.75 Å². The van der Waals surface area contributed by atoms with E-state index in [2.05, 4.69) is 71.4 Å². The lowest BCUT2D eigenvalue weighted by atomic mass is 9.56. The van der Waals surface area contributed by atoms with Crippen LogP contribution in [-0.2, 0) is 24.7 Å². The number of phenols is 1. The average molecular weight is 453 g/mol. The number of H-pyrrole nitrogens is 1. The van der Waals surface area contributed by atoms with Crippen molar-refractivity contribution >= 4 is 10.9 Å². The zero-order chi connectivity index (χ0) is 23.3. The fourth-order valence-electron chi connectivity index (χ4n) is 6.47. The van der Waals surface area contributed by atoms with Crippen LogP contribution in [0.2, 0.25) is 0 Å². The molecular formula is C30H32N2O2. The van der Waals surface area contributed by atoms with Gasteiger partial charge in [-0.25, -0.2) is 0 Å². The molecule has 1 aromatic heterocycles. The van der Waals surface area contributed by atoms with Crippen LogP contribution in [0.25, 0.3) is 10.9 Å². The topological polar surface area (TPSA) is 59.5 Å². The van der Waals surface area contributed by atoms with E-state index in [0.29, 0.717) is 13.0 Å². The standard InChI is InChI=1S/C30H32N2O2/c1-21-10-11-27-25(16-21)26-18-30(34)20-32(14-12-22-6-3-2-4-7-22)15-13-29(30,19-28(26)31-27)23-8-5-9-24(33)17-23/h2-11,16-17,31,33-34H,12-15,18-20H2,1H3/t29-,30-/m0/s1. The third-order valence-corrected chi connectivity index (χ3v) is 8.29. The summed E-state index contributed by atoms with van der Waals surface area (Å²) in [6.07, 6.45) is 3.20. The maximum Gasteiger partial charge on any atom is 0.115 e. The molecule has 3 N–H and O–H groups in total. The second kappa shape index (κ2) is 8.00. The van der Waals surface area contributed by atoms with E-state index in [1.54, 1.807) is 6.07 Å². The molecule has 4 nitrogen and oxygen atoms in total. The van der Waals surface area contributed by atoms with Crippen LogP contribution in [-0.4, -0.2) is 45.3 Å². The quantitative estimate of drug-likeness (QED) is 0.413. The van der Waals surface area contributed by atoms with Crippen LogP contribution >= 0.6 is 0 Å². The van der Waals surface area contributed by atoms with Gasteiger partial charge in [0.1, 0.15) is 5.75 Å². The summed E-state index contributed by atoms with van der Waals surface area (Å²) in [5, 5.41) is 24.1. The molecule has 4 aromatic rings. The number of piperidine rings is 1. The number of aryl methyl sites for hydroxylation is 1. The number of rotatable bonds is 4. The smallest absolute Gasteiger partial charge is 0.115 e. The summed E-state index contributed by atoms with van der Waals surface area (Å²) >= 11 is 0. The van der Waals surface area contributed by atoms with Crippen LogP contribution < -0.4 is 0 Å². The first-order valence-electron chi connectivity index (χ1n) is 12.3. The molecule has 3 aromatic carbocycles. The molecule has 0 radical (unpaired) electrons. The highest BCUT2D eigenvalue weighted by atomic mass is 16.3. The van der Waals surface area contributed by atoms with E-state index in [0.717, 1.165) is 43.4 Å². The summed E-state index contributed by atoms with van der Waals surface area (Å²) in [6, 6.07) is 24.7. The number of phenolic OH excluding ortho intramolecular Hbond substituents is 1. The number of likely N-dealkylation sites (tertiary alicyclic amines) is 1. The maximum atomic E-state index is 12.5. The second-order valence-electron chi connectivity index (χ2n) is 10.4. The van der Waals surface area contributed by atoms with E-state index in [1.807, 2.05) is 12.1 Å². The predicted molar refractivity (Wildman–Crippen MR) is 136 cm³/mol. The molecule has 6 rings (SSSR count). The SMILES string of the molecule is Cc1ccc2[nH]c3c(c2c1)C[C@]1(O)CN(CCc2ccccc2)CC[C@@]1(c1cccc(O)c1)C3. The van der Waals surface area contributed by atoms with Crippen LogP contribution in [0.1, 0.15) is 34.4 Å². The number of aliphatic hydroxyl groups is 1. The minimum Gasteiger partial charge on any atom is -0.508 e. The Hall–Kier alpha value is -3.08. The van der Waals surface area contributed by atoms with Gasteiger partial charge in [0, 0.05) is 47.9 Å². The van der Waals surface area contributed by atoms with Crippen molar-refractivity contribution in [3.8, 4) is 5.75 Å². The highest BCUT2D eigenvalue weighted by Crippen LogP contribution is 2.51. The van der Waals surface area contributed by atoms with E-state index in [9.17, 15) is 10.2 Å². The van der Waals surface area contributed by atoms with E-state index in [4.69, 9.17) is 0 Å². The molecule has 0 saturated carbocycles. The molecule has 1 saturated heterocycles. The molecule has 0 amide bonds. The maximum absolute atomic E-state index is 12.5. The molecule has 0 spiro atoms. The van der Waals surface area contributed by atoms with E-state index >= 15 is 0 Å². The molecule has 4 heteroatoms. The van der Waals surface area contributed by atoms with Gasteiger partial charge in [0.05, 0.1) is 5.60 Å². The van der Waals surface area contributed by atoms with E-state index in [-0.39, 0.29) is 5.75 Å². The predicted octanol–water partition coefficient (Wildman–Crippen LogP) is 4.90. The summed E-state index contributed by atoms with van der Waals surface area (Å²) in [6.45, 7) is 4.62. The lowest BCUT2D eigenvalue weighted by Crippen LogP contribution is -2.66. The number of aromatic hydroxyl groups is 1. The third-order valence-electron chi connectivity index (χ3n) is 8.29. The zero-order valence-corrected chi connectivity index (χ0v) is 19.7. The Kier molecular flexibility index (Phi) is 5.05. The Labute approximate surface area is 200 Å². The minimum absolute atomic E-state index is 0.263. The Bertz CT molecular complexity index is 1340. The molecule has 1 aliphatic heterocycles. The lowest BCUT2D eigenvalue weighted by molar-refractivity contribution is -0.102. The second-order valence-corrected chi connectivity index (χ2v) is 10.4. The Morgan fingerprint density at radius 3 is 2.65 bits per heavy atom. The summed E-state index contributed by atoms with van der Waals surface area (Å²) in [4.78, 5) is 6.10. The van der Waals surface area contributed by atoms with Gasteiger partial charge in [0.2, 0.25) is 0 Å². The highest BCUT2D eigenvalue weighted by molar-refractivity contribution is 5.86. The van der Waals surface area contributed by atoms with Crippen molar-refractivity contribution in [2.45, 2.75) is 43.6 Å². The van der Waals surface area contributed by atoms with Crippen LogP contribution in [0.4, 0.5) is 0 Å². The highest BCUT2D eigenvalue weighted by Gasteiger charge is 2.57. The van der Waals surface area contributed by atoms with Crippen LogP contribution in [0, 0.1) is 6.92 Å². The Morgan fingerprint density at radius 2 is 1.82 bits per heavy atom. The van der Waals surface area contributed by atoms with Crippen molar-refractivity contribution in [1.82, 2.24) is 9.88 Å². The van der Waals surface area contributed by atoms with Gasteiger partial charge < -0.3 is 20.1 Å². The van der Waals surface area contributed by atoms with Gasteiger partial charge in [-0.3, -0.25) is 0 Å². The Morgan fingerprint density at radius 1 is 0.971 bits per heavy atom. The van der Waals surface area contributed by atoms with Crippen molar-refractivity contribution in [3.05, 3.63) is 101 Å². The number of hydrogen-bond acceptors (Lipinski definition) is 3. The van der Waals surface area contributed by atoms with Gasteiger partial charge in [-0.15, -0.1) is 0 Å². The van der Waals surface area contributed by atoms with E-state index in [1.165, 1.54) is 27.8 Å². The first kappa shape index (κ1) is 21.5. The number of aromatic amines is 1. The first-order valence-corrected chi connectivity index (χ1v) is 12.3. The summed E-state index contributed by atoms with van der Waals surface area (Å²) in [7, 11) is 0. The average Bonchev–Trinajstić information content (AvgIpc) is 3.17. The number of nitrogens with one attached hydrogen (secondary N) is 1. The van der Waals surface area contributed by atoms with Crippen molar-refractivity contribution in [1.29, 1.82) is 0 Å². The molecule has 0 unspecified atom stereocenters. The van der Waals surface area contributed by atoms with Gasteiger partial charge in [0.15, 0.2) is 0 Å².